The van der Waals surface area contributed by atoms with Crippen molar-refractivity contribution >= 4 is 17.4 Å². The summed E-state index contributed by atoms with van der Waals surface area (Å²) < 4.78 is 0. The first kappa shape index (κ1) is 14.6. The summed E-state index contributed by atoms with van der Waals surface area (Å²) in [5, 5.41) is 0.584. The third kappa shape index (κ3) is 3.19. The van der Waals surface area contributed by atoms with Gasteiger partial charge in [0.15, 0.2) is 0 Å². The molecule has 2 heterocycles. The molecule has 3 nitrogen and oxygen atoms in total. The van der Waals surface area contributed by atoms with Crippen LogP contribution >= 0.6 is 11.6 Å². The van der Waals surface area contributed by atoms with Crippen LogP contribution in [0.5, 0.6) is 0 Å². The van der Waals surface area contributed by atoms with Crippen LogP contribution in [-0.4, -0.2) is 23.1 Å². The number of anilines is 1. The molecule has 0 atom stereocenters. The van der Waals surface area contributed by atoms with Gasteiger partial charge in [0, 0.05) is 18.7 Å². The molecular weight excluding hydrogens is 258 g/mol. The third-order valence-electron chi connectivity index (χ3n) is 4.19. The van der Waals surface area contributed by atoms with Gasteiger partial charge in [-0.15, -0.1) is 0 Å². The van der Waals surface area contributed by atoms with Crippen molar-refractivity contribution in [3.8, 4) is 0 Å². The minimum absolute atomic E-state index is 0.403. The van der Waals surface area contributed by atoms with Gasteiger partial charge in [0.25, 0.3) is 0 Å². The Hall–Kier alpha value is -0.830. The molecule has 1 fully saturated rings. The van der Waals surface area contributed by atoms with Gasteiger partial charge in [0.2, 0.25) is 0 Å². The number of hydrogen-bond donors (Lipinski definition) is 0. The molecule has 0 spiro atoms. The number of hydrogen-bond acceptors (Lipinski definition) is 3. The lowest BCUT2D eigenvalue weighted by atomic mass is 9.75. The number of aryl methyl sites for hydroxylation is 1. The Morgan fingerprint density at radius 1 is 1.11 bits per heavy atom. The van der Waals surface area contributed by atoms with Gasteiger partial charge < -0.3 is 4.90 Å². The lowest BCUT2D eigenvalue weighted by Crippen LogP contribution is -2.38. The van der Waals surface area contributed by atoms with Crippen molar-refractivity contribution in [3.05, 3.63) is 16.5 Å². The highest BCUT2D eigenvalue weighted by molar-refractivity contribution is 6.30. The van der Waals surface area contributed by atoms with Crippen molar-refractivity contribution in [1.29, 1.82) is 0 Å². The number of aromatic nitrogens is 2. The predicted molar refractivity (Wildman–Crippen MR) is 80.9 cm³/mol. The zero-order valence-electron chi connectivity index (χ0n) is 12.6. The van der Waals surface area contributed by atoms with Crippen molar-refractivity contribution in [1.82, 2.24) is 9.97 Å². The SMILES string of the molecule is Cc1nc(Cl)c(C)c(N2CCC(C(C)(C)C)CC2)n1. The van der Waals surface area contributed by atoms with E-state index >= 15 is 0 Å². The Morgan fingerprint density at radius 3 is 2.21 bits per heavy atom. The average molecular weight is 282 g/mol. The highest BCUT2D eigenvalue weighted by Crippen LogP contribution is 2.36. The van der Waals surface area contributed by atoms with Crippen molar-refractivity contribution in [3.63, 3.8) is 0 Å². The quantitative estimate of drug-likeness (QED) is 0.728. The molecule has 1 aliphatic rings. The molecule has 0 amide bonds. The summed E-state index contributed by atoms with van der Waals surface area (Å²) in [5.41, 5.74) is 1.40. The van der Waals surface area contributed by atoms with E-state index in [4.69, 9.17) is 11.6 Å². The van der Waals surface area contributed by atoms with Crippen molar-refractivity contribution in [2.45, 2.75) is 47.5 Å². The van der Waals surface area contributed by atoms with Gasteiger partial charge in [-0.3, -0.25) is 0 Å². The van der Waals surface area contributed by atoms with E-state index in [2.05, 4.69) is 35.6 Å². The standard InChI is InChI=1S/C15H24ClN3/c1-10-13(16)17-11(2)18-14(10)19-8-6-12(7-9-19)15(3,4)5/h12H,6-9H2,1-5H3. The predicted octanol–water partition coefficient (Wildman–Crippen LogP) is 4.01. The molecule has 1 aromatic heterocycles. The largest absolute Gasteiger partial charge is 0.356 e. The first-order valence-corrected chi connectivity index (χ1v) is 7.42. The van der Waals surface area contributed by atoms with Gasteiger partial charge in [-0.25, -0.2) is 9.97 Å². The van der Waals surface area contributed by atoms with Crippen LogP contribution in [0.2, 0.25) is 5.15 Å². The molecule has 1 aromatic rings. The Morgan fingerprint density at radius 2 is 1.68 bits per heavy atom. The fourth-order valence-corrected chi connectivity index (χ4v) is 3.05. The van der Waals surface area contributed by atoms with Gasteiger partial charge >= 0.3 is 0 Å². The van der Waals surface area contributed by atoms with E-state index in [-0.39, 0.29) is 0 Å². The highest BCUT2D eigenvalue weighted by Gasteiger charge is 2.29. The van der Waals surface area contributed by atoms with Crippen LogP contribution in [0.4, 0.5) is 5.82 Å². The van der Waals surface area contributed by atoms with E-state index < -0.39 is 0 Å². The van der Waals surface area contributed by atoms with E-state index in [1.165, 1.54) is 12.8 Å². The summed E-state index contributed by atoms with van der Waals surface area (Å²) in [6.45, 7) is 13.0. The molecule has 0 saturated carbocycles. The normalized spacial score (nSPS) is 17.9. The Kier molecular flexibility index (Phi) is 4.05. The Bertz CT molecular complexity index is 457. The number of halogens is 1. The monoisotopic (exact) mass is 281 g/mol. The Balaban J connectivity index is 2.14. The molecular formula is C15H24ClN3. The maximum absolute atomic E-state index is 6.16. The maximum Gasteiger partial charge on any atom is 0.137 e. The van der Waals surface area contributed by atoms with E-state index in [1.54, 1.807) is 0 Å². The topological polar surface area (TPSA) is 29.0 Å². The minimum atomic E-state index is 0.403. The summed E-state index contributed by atoms with van der Waals surface area (Å²) >= 11 is 6.16. The van der Waals surface area contributed by atoms with Gasteiger partial charge in [0.1, 0.15) is 16.8 Å². The van der Waals surface area contributed by atoms with Crippen LogP contribution in [0.1, 0.15) is 45.0 Å². The molecule has 0 radical (unpaired) electrons. The van der Waals surface area contributed by atoms with Gasteiger partial charge in [-0.2, -0.15) is 0 Å². The third-order valence-corrected chi connectivity index (χ3v) is 4.56. The fraction of sp³-hybridized carbons (Fsp3) is 0.733. The highest BCUT2D eigenvalue weighted by atomic mass is 35.5. The fourth-order valence-electron chi connectivity index (χ4n) is 2.85. The summed E-state index contributed by atoms with van der Waals surface area (Å²) in [5.74, 6) is 2.57. The second kappa shape index (κ2) is 5.28. The summed E-state index contributed by atoms with van der Waals surface area (Å²) in [7, 11) is 0. The maximum atomic E-state index is 6.16. The van der Waals surface area contributed by atoms with Gasteiger partial charge in [0.05, 0.1) is 0 Å². The number of nitrogens with zero attached hydrogens (tertiary/aromatic N) is 3. The van der Waals surface area contributed by atoms with Crippen LogP contribution in [0.15, 0.2) is 0 Å². The summed E-state index contributed by atoms with van der Waals surface area (Å²) in [6.07, 6.45) is 2.45. The van der Waals surface area contributed by atoms with E-state index in [0.29, 0.717) is 10.6 Å². The molecule has 0 bridgehead atoms. The molecule has 0 aromatic carbocycles. The Labute approximate surface area is 121 Å². The minimum Gasteiger partial charge on any atom is -0.356 e. The van der Waals surface area contributed by atoms with E-state index in [1.807, 2.05) is 13.8 Å². The van der Waals surface area contributed by atoms with Gasteiger partial charge in [-0.1, -0.05) is 32.4 Å². The first-order valence-electron chi connectivity index (χ1n) is 7.04. The van der Waals surface area contributed by atoms with Crippen molar-refractivity contribution in [2.75, 3.05) is 18.0 Å². The lowest BCUT2D eigenvalue weighted by molar-refractivity contribution is 0.198. The van der Waals surface area contributed by atoms with Crippen molar-refractivity contribution < 1.29 is 0 Å². The van der Waals surface area contributed by atoms with E-state index in [0.717, 1.165) is 36.2 Å². The summed E-state index contributed by atoms with van der Waals surface area (Å²) in [6, 6.07) is 0. The lowest BCUT2D eigenvalue weighted by Gasteiger charge is -2.39. The zero-order valence-corrected chi connectivity index (χ0v) is 13.4. The summed E-state index contributed by atoms with van der Waals surface area (Å²) in [4.78, 5) is 11.1. The average Bonchev–Trinajstić information content (AvgIpc) is 2.33. The molecule has 1 aliphatic heterocycles. The number of piperidine rings is 1. The molecule has 2 rings (SSSR count). The second-order valence-electron chi connectivity index (χ2n) is 6.64. The van der Waals surface area contributed by atoms with Crippen LogP contribution in [0.25, 0.3) is 0 Å². The van der Waals surface area contributed by atoms with Crippen LogP contribution in [0, 0.1) is 25.2 Å². The number of rotatable bonds is 1. The van der Waals surface area contributed by atoms with Gasteiger partial charge in [-0.05, 0) is 38.0 Å². The van der Waals surface area contributed by atoms with Crippen LogP contribution < -0.4 is 4.90 Å². The van der Waals surface area contributed by atoms with Crippen LogP contribution in [-0.2, 0) is 0 Å². The molecule has 0 aliphatic carbocycles. The molecule has 19 heavy (non-hydrogen) atoms. The smallest absolute Gasteiger partial charge is 0.137 e. The molecule has 1 saturated heterocycles. The molecule has 4 heteroatoms. The zero-order chi connectivity index (χ0) is 14.2. The molecule has 0 unspecified atom stereocenters. The second-order valence-corrected chi connectivity index (χ2v) is 7.00. The first-order chi connectivity index (χ1) is 8.79. The van der Waals surface area contributed by atoms with Crippen LogP contribution in [0.3, 0.4) is 0 Å². The molecule has 0 N–H and O–H groups in total. The van der Waals surface area contributed by atoms with E-state index in [9.17, 15) is 0 Å². The molecule has 106 valence electrons. The van der Waals surface area contributed by atoms with Crippen molar-refractivity contribution in [2.24, 2.45) is 11.3 Å².